The number of methoxy groups -OCH3 is 1. The lowest BCUT2D eigenvalue weighted by Crippen LogP contribution is -2.22. The molecule has 0 heterocycles. The van der Waals surface area contributed by atoms with Crippen molar-refractivity contribution in [2.24, 2.45) is 0 Å². The number of hydrogen-bond acceptors (Lipinski definition) is 5. The number of hydrogen-bond donors (Lipinski definition) is 1. The molecule has 0 aliphatic rings. The highest BCUT2D eigenvalue weighted by Gasteiger charge is 2.26. The van der Waals surface area contributed by atoms with E-state index in [1.165, 1.54) is 32.2 Å². The van der Waals surface area contributed by atoms with Crippen LogP contribution in [0.15, 0.2) is 42.5 Å². The van der Waals surface area contributed by atoms with Crippen LogP contribution in [-0.4, -0.2) is 25.0 Å². The Bertz CT molecular complexity index is 831. The van der Waals surface area contributed by atoms with Gasteiger partial charge in [0.05, 0.1) is 13.5 Å². The fourth-order valence-electron chi connectivity index (χ4n) is 2.33. The molecule has 1 N–H and O–H groups in total. The van der Waals surface area contributed by atoms with Crippen molar-refractivity contribution in [3.63, 3.8) is 0 Å². The molecule has 0 spiro atoms. The van der Waals surface area contributed by atoms with E-state index in [-0.39, 0.29) is 12.3 Å². The summed E-state index contributed by atoms with van der Waals surface area (Å²) in [6.45, 7) is 1.40. The Balaban J connectivity index is 2.11. The van der Waals surface area contributed by atoms with Crippen LogP contribution in [-0.2, 0) is 30.3 Å². The Labute approximate surface area is 166 Å². The zero-order valence-corrected chi connectivity index (χ0v) is 16.1. The summed E-state index contributed by atoms with van der Waals surface area (Å²) in [4.78, 5) is 35.4. The lowest BCUT2D eigenvalue weighted by Gasteiger charge is -2.17. The lowest BCUT2D eigenvalue weighted by atomic mass is 10.1. The Morgan fingerprint density at radius 2 is 1.63 bits per heavy atom. The van der Waals surface area contributed by atoms with E-state index in [9.17, 15) is 14.4 Å². The van der Waals surface area contributed by atoms with Crippen LogP contribution in [0.25, 0.3) is 0 Å². The molecule has 1 amide bonds. The Hall–Kier alpha value is -2.57. The molecule has 0 bridgehead atoms. The van der Waals surface area contributed by atoms with Gasteiger partial charge in [0.2, 0.25) is 12.0 Å². The first-order chi connectivity index (χ1) is 12.8. The summed E-state index contributed by atoms with van der Waals surface area (Å²) in [7, 11) is 1.19. The van der Waals surface area contributed by atoms with Gasteiger partial charge in [0.25, 0.3) is 0 Å². The molecule has 0 aromatic heterocycles. The minimum atomic E-state index is -1.28. The van der Waals surface area contributed by atoms with Gasteiger partial charge in [0.15, 0.2) is 0 Å². The average molecular weight is 410 g/mol. The smallest absolute Gasteiger partial charge is 0.351 e. The summed E-state index contributed by atoms with van der Waals surface area (Å²) in [5.74, 6) is -1.57. The topological polar surface area (TPSA) is 81.7 Å². The van der Waals surface area contributed by atoms with Crippen LogP contribution in [0, 0.1) is 0 Å². The highest BCUT2D eigenvalue weighted by molar-refractivity contribution is 6.34. The molecular weight excluding hydrogens is 393 g/mol. The summed E-state index contributed by atoms with van der Waals surface area (Å²) < 4.78 is 10.0. The molecular formula is C19H17Cl2NO5. The normalized spacial score (nSPS) is 11.4. The van der Waals surface area contributed by atoms with Crippen LogP contribution in [0.4, 0.5) is 5.69 Å². The van der Waals surface area contributed by atoms with Crippen molar-refractivity contribution in [2.45, 2.75) is 19.4 Å². The molecule has 6 nitrogen and oxygen atoms in total. The van der Waals surface area contributed by atoms with Crippen molar-refractivity contribution in [2.75, 3.05) is 12.4 Å². The van der Waals surface area contributed by atoms with Crippen LogP contribution in [0.2, 0.25) is 10.0 Å². The van der Waals surface area contributed by atoms with Crippen LogP contribution in [0.1, 0.15) is 24.2 Å². The monoisotopic (exact) mass is 409 g/mol. The maximum atomic E-state index is 12.3. The van der Waals surface area contributed by atoms with Gasteiger partial charge in [-0.15, -0.1) is 0 Å². The van der Waals surface area contributed by atoms with Gasteiger partial charge in [-0.05, 0) is 35.9 Å². The fraction of sp³-hybridized carbons (Fsp3) is 0.211. The quantitative estimate of drug-likeness (QED) is 0.730. The van der Waals surface area contributed by atoms with Crippen molar-refractivity contribution in [3.8, 4) is 0 Å². The second kappa shape index (κ2) is 9.39. The van der Waals surface area contributed by atoms with Crippen LogP contribution in [0.5, 0.6) is 0 Å². The molecule has 0 radical (unpaired) electrons. The van der Waals surface area contributed by atoms with Gasteiger partial charge in [-0.1, -0.05) is 35.3 Å². The van der Waals surface area contributed by atoms with Crippen LogP contribution < -0.4 is 5.32 Å². The first kappa shape index (κ1) is 20.7. The number of halogens is 2. The van der Waals surface area contributed by atoms with Gasteiger partial charge in [-0.2, -0.15) is 0 Å². The van der Waals surface area contributed by atoms with E-state index in [2.05, 4.69) is 5.32 Å². The number of ether oxygens (including phenoxy) is 2. The van der Waals surface area contributed by atoms with Gasteiger partial charge >= 0.3 is 11.9 Å². The summed E-state index contributed by atoms with van der Waals surface area (Å²) in [5, 5.41) is 3.23. The zero-order chi connectivity index (χ0) is 20.0. The molecule has 1 unspecified atom stereocenters. The van der Waals surface area contributed by atoms with Gasteiger partial charge in [-0.3, -0.25) is 9.59 Å². The molecule has 142 valence electrons. The maximum absolute atomic E-state index is 12.3. The standard InChI is InChI=1S/C19H17Cl2NO5/c1-11(23)22-16-5-3-12(4-6-16)7-17(24)27-18(19(25)26-2)13-8-14(20)10-15(21)9-13/h3-6,8-10,18H,7H2,1-2H3,(H,22,23). The van der Waals surface area contributed by atoms with Gasteiger partial charge in [0.1, 0.15) is 0 Å². The minimum absolute atomic E-state index is 0.0673. The van der Waals surface area contributed by atoms with Crippen molar-refractivity contribution < 1.29 is 23.9 Å². The molecule has 0 saturated carbocycles. The average Bonchev–Trinajstić information content (AvgIpc) is 2.59. The van der Waals surface area contributed by atoms with E-state index in [0.717, 1.165) is 0 Å². The molecule has 27 heavy (non-hydrogen) atoms. The highest BCUT2D eigenvalue weighted by atomic mass is 35.5. The van der Waals surface area contributed by atoms with Crippen molar-refractivity contribution in [1.29, 1.82) is 0 Å². The van der Waals surface area contributed by atoms with E-state index in [1.807, 2.05) is 0 Å². The number of amides is 1. The molecule has 0 aliphatic heterocycles. The van der Waals surface area contributed by atoms with Gasteiger partial charge in [0, 0.05) is 28.2 Å². The highest BCUT2D eigenvalue weighted by Crippen LogP contribution is 2.27. The first-order valence-corrected chi connectivity index (χ1v) is 8.64. The number of carbonyl (C=O) groups excluding carboxylic acids is 3. The third-order valence-electron chi connectivity index (χ3n) is 3.47. The summed E-state index contributed by atoms with van der Waals surface area (Å²) in [5.41, 5.74) is 1.58. The molecule has 1 atom stereocenters. The largest absolute Gasteiger partial charge is 0.466 e. The van der Waals surface area contributed by atoms with Crippen molar-refractivity contribution in [3.05, 3.63) is 63.6 Å². The maximum Gasteiger partial charge on any atom is 0.351 e. The fourth-order valence-corrected chi connectivity index (χ4v) is 2.88. The summed E-state index contributed by atoms with van der Waals surface area (Å²) >= 11 is 11.9. The SMILES string of the molecule is COC(=O)C(OC(=O)Cc1ccc(NC(C)=O)cc1)c1cc(Cl)cc(Cl)c1. The van der Waals surface area contributed by atoms with Crippen LogP contribution >= 0.6 is 23.2 Å². The number of nitrogens with one attached hydrogen (secondary N) is 1. The van der Waals surface area contributed by atoms with E-state index in [1.54, 1.807) is 24.3 Å². The third-order valence-corrected chi connectivity index (χ3v) is 3.91. The lowest BCUT2D eigenvalue weighted by molar-refractivity contribution is -0.166. The van der Waals surface area contributed by atoms with E-state index in [0.29, 0.717) is 26.9 Å². The molecule has 8 heteroatoms. The van der Waals surface area contributed by atoms with Crippen molar-refractivity contribution >= 4 is 46.7 Å². The molecule has 2 aromatic carbocycles. The van der Waals surface area contributed by atoms with E-state index in [4.69, 9.17) is 32.7 Å². The minimum Gasteiger partial charge on any atom is -0.466 e. The molecule has 0 aliphatic carbocycles. The molecule has 0 fully saturated rings. The van der Waals surface area contributed by atoms with E-state index >= 15 is 0 Å². The number of benzene rings is 2. The predicted molar refractivity (Wildman–Crippen MR) is 102 cm³/mol. The Morgan fingerprint density at radius 1 is 1.04 bits per heavy atom. The Kier molecular flexibility index (Phi) is 7.21. The zero-order valence-electron chi connectivity index (χ0n) is 14.6. The van der Waals surface area contributed by atoms with Gasteiger partial charge < -0.3 is 14.8 Å². The summed E-state index contributed by atoms with van der Waals surface area (Å²) in [6.07, 6.45) is -1.35. The molecule has 2 aromatic rings. The molecule has 0 saturated heterocycles. The predicted octanol–water partition coefficient (Wildman–Crippen LogP) is 3.95. The van der Waals surface area contributed by atoms with Gasteiger partial charge in [-0.25, -0.2) is 4.79 Å². The molecule has 2 rings (SSSR count). The second-order valence-electron chi connectivity index (χ2n) is 5.65. The number of anilines is 1. The third kappa shape index (κ3) is 6.27. The van der Waals surface area contributed by atoms with Crippen LogP contribution in [0.3, 0.4) is 0 Å². The number of rotatable bonds is 6. The summed E-state index contributed by atoms with van der Waals surface area (Å²) in [6, 6.07) is 11.1. The van der Waals surface area contributed by atoms with E-state index < -0.39 is 18.0 Å². The Morgan fingerprint density at radius 3 is 2.15 bits per heavy atom. The number of carbonyl (C=O) groups is 3. The second-order valence-corrected chi connectivity index (χ2v) is 6.52. The first-order valence-electron chi connectivity index (χ1n) is 7.88. The number of esters is 2. The van der Waals surface area contributed by atoms with Crippen molar-refractivity contribution in [1.82, 2.24) is 0 Å².